The van der Waals surface area contributed by atoms with Gasteiger partial charge in [-0.05, 0) is 32.4 Å². The predicted octanol–water partition coefficient (Wildman–Crippen LogP) is 3.33. The normalized spacial score (nSPS) is 12.4. The molecule has 0 saturated carbocycles. The topological polar surface area (TPSA) is 37.8 Å². The Morgan fingerprint density at radius 2 is 1.94 bits per heavy atom. The van der Waals surface area contributed by atoms with Crippen LogP contribution in [-0.2, 0) is 0 Å². The van der Waals surface area contributed by atoms with E-state index in [1.807, 2.05) is 11.3 Å². The number of anilines is 1. The lowest BCUT2D eigenvalue weighted by atomic mass is 10.1. The summed E-state index contributed by atoms with van der Waals surface area (Å²) in [4.78, 5) is 10.7. The smallest absolute Gasteiger partial charge is 0.115 e. The highest BCUT2D eigenvalue weighted by Gasteiger charge is 2.10. The molecule has 0 aliphatic heterocycles. The van der Waals surface area contributed by atoms with E-state index in [0.717, 1.165) is 5.69 Å². The lowest BCUT2D eigenvalue weighted by Crippen LogP contribution is -2.07. The lowest BCUT2D eigenvalue weighted by molar-refractivity contribution is 0.877. The van der Waals surface area contributed by atoms with Gasteiger partial charge in [-0.15, -0.1) is 11.3 Å². The second kappa shape index (κ2) is 4.61. The highest BCUT2D eigenvalue weighted by atomic mass is 32.1. The van der Waals surface area contributed by atoms with E-state index in [4.69, 9.17) is 0 Å². The molecule has 84 valence electrons. The van der Waals surface area contributed by atoms with Crippen LogP contribution >= 0.6 is 11.3 Å². The Kier molecular flexibility index (Phi) is 3.19. The van der Waals surface area contributed by atoms with Crippen LogP contribution in [0, 0.1) is 13.8 Å². The standard InChI is InChI=1S/C12H15N3S/c1-8-4-12(10(3)16-8)9(2)15-11-5-13-7-14-6-11/h4-7,9,15H,1-3H3. The first-order chi connectivity index (χ1) is 7.66. The molecule has 0 aliphatic carbocycles. The third-order valence-electron chi connectivity index (χ3n) is 2.49. The molecule has 0 radical (unpaired) electrons. The SMILES string of the molecule is Cc1cc(C(C)Nc2cncnc2)c(C)s1. The largest absolute Gasteiger partial charge is 0.376 e. The summed E-state index contributed by atoms with van der Waals surface area (Å²) < 4.78 is 0. The lowest BCUT2D eigenvalue weighted by Gasteiger charge is -2.14. The van der Waals surface area contributed by atoms with E-state index in [1.165, 1.54) is 21.6 Å². The number of thiophene rings is 1. The minimum Gasteiger partial charge on any atom is -0.376 e. The molecule has 3 nitrogen and oxygen atoms in total. The molecule has 1 unspecified atom stereocenters. The van der Waals surface area contributed by atoms with Crippen molar-refractivity contribution in [2.24, 2.45) is 0 Å². The summed E-state index contributed by atoms with van der Waals surface area (Å²) >= 11 is 1.84. The highest BCUT2D eigenvalue weighted by molar-refractivity contribution is 7.12. The van der Waals surface area contributed by atoms with E-state index >= 15 is 0 Å². The van der Waals surface area contributed by atoms with Gasteiger partial charge in [0.15, 0.2) is 0 Å². The Balaban J connectivity index is 2.14. The minimum absolute atomic E-state index is 0.288. The van der Waals surface area contributed by atoms with Crippen molar-refractivity contribution < 1.29 is 0 Å². The average Bonchev–Trinajstić information content (AvgIpc) is 2.59. The molecule has 0 aromatic carbocycles. The molecule has 4 heteroatoms. The van der Waals surface area contributed by atoms with Crippen LogP contribution in [0.5, 0.6) is 0 Å². The van der Waals surface area contributed by atoms with Crippen LogP contribution in [0.2, 0.25) is 0 Å². The van der Waals surface area contributed by atoms with Crippen LogP contribution in [0.1, 0.15) is 28.3 Å². The number of aromatic nitrogens is 2. The number of nitrogens with zero attached hydrogens (tertiary/aromatic N) is 2. The first-order valence-electron chi connectivity index (χ1n) is 5.25. The second-order valence-corrected chi connectivity index (χ2v) is 5.32. The van der Waals surface area contributed by atoms with E-state index in [0.29, 0.717) is 0 Å². The molecule has 2 aromatic heterocycles. The van der Waals surface area contributed by atoms with Gasteiger partial charge in [-0.2, -0.15) is 0 Å². The van der Waals surface area contributed by atoms with E-state index in [1.54, 1.807) is 12.4 Å². The Morgan fingerprint density at radius 3 is 2.50 bits per heavy atom. The van der Waals surface area contributed by atoms with Crippen molar-refractivity contribution in [1.82, 2.24) is 9.97 Å². The highest BCUT2D eigenvalue weighted by Crippen LogP contribution is 2.28. The van der Waals surface area contributed by atoms with Crippen LogP contribution in [-0.4, -0.2) is 9.97 Å². The van der Waals surface area contributed by atoms with Gasteiger partial charge in [-0.3, -0.25) is 0 Å². The fourth-order valence-corrected chi connectivity index (χ4v) is 2.80. The minimum atomic E-state index is 0.288. The average molecular weight is 233 g/mol. The monoisotopic (exact) mass is 233 g/mol. The number of hydrogen-bond acceptors (Lipinski definition) is 4. The van der Waals surface area contributed by atoms with Gasteiger partial charge in [0.05, 0.1) is 18.1 Å². The van der Waals surface area contributed by atoms with Crippen molar-refractivity contribution in [2.45, 2.75) is 26.8 Å². The molecule has 2 aromatic rings. The van der Waals surface area contributed by atoms with Gasteiger partial charge >= 0.3 is 0 Å². The molecule has 0 spiro atoms. The molecule has 0 fully saturated rings. The summed E-state index contributed by atoms with van der Waals surface area (Å²) in [6.45, 7) is 6.45. The van der Waals surface area contributed by atoms with Crippen LogP contribution in [0.4, 0.5) is 5.69 Å². The van der Waals surface area contributed by atoms with Gasteiger partial charge in [-0.1, -0.05) is 0 Å². The fraction of sp³-hybridized carbons (Fsp3) is 0.333. The summed E-state index contributed by atoms with van der Waals surface area (Å²) in [6.07, 6.45) is 5.12. The maximum Gasteiger partial charge on any atom is 0.115 e. The molecule has 0 amide bonds. The third kappa shape index (κ3) is 2.39. The van der Waals surface area contributed by atoms with Crippen LogP contribution in [0.25, 0.3) is 0 Å². The molecule has 0 aliphatic rings. The zero-order valence-corrected chi connectivity index (χ0v) is 10.5. The van der Waals surface area contributed by atoms with Gasteiger partial charge in [0, 0.05) is 15.8 Å². The summed E-state index contributed by atoms with van der Waals surface area (Å²) in [6, 6.07) is 2.53. The van der Waals surface area contributed by atoms with Gasteiger partial charge < -0.3 is 5.32 Å². The first kappa shape index (κ1) is 11.1. The van der Waals surface area contributed by atoms with Crippen LogP contribution in [0.15, 0.2) is 24.8 Å². The zero-order chi connectivity index (χ0) is 11.5. The zero-order valence-electron chi connectivity index (χ0n) is 9.69. The molecule has 0 saturated heterocycles. The van der Waals surface area contributed by atoms with Crippen LogP contribution in [0.3, 0.4) is 0 Å². The second-order valence-electron chi connectivity index (χ2n) is 3.86. The molecule has 16 heavy (non-hydrogen) atoms. The van der Waals surface area contributed by atoms with Crippen molar-refractivity contribution in [3.63, 3.8) is 0 Å². The van der Waals surface area contributed by atoms with E-state index in [2.05, 4.69) is 42.1 Å². The summed E-state index contributed by atoms with van der Waals surface area (Å²) in [7, 11) is 0. The van der Waals surface area contributed by atoms with Crippen molar-refractivity contribution >= 4 is 17.0 Å². The van der Waals surface area contributed by atoms with Gasteiger partial charge in [0.2, 0.25) is 0 Å². The number of rotatable bonds is 3. The molecule has 1 atom stereocenters. The third-order valence-corrected chi connectivity index (χ3v) is 3.47. The fourth-order valence-electron chi connectivity index (χ4n) is 1.78. The van der Waals surface area contributed by atoms with Crippen molar-refractivity contribution in [3.05, 3.63) is 40.1 Å². The molecular formula is C12H15N3S. The Bertz CT molecular complexity index is 464. The maximum atomic E-state index is 3.99. The Morgan fingerprint density at radius 1 is 1.25 bits per heavy atom. The van der Waals surface area contributed by atoms with Crippen molar-refractivity contribution in [2.75, 3.05) is 5.32 Å². The van der Waals surface area contributed by atoms with E-state index in [9.17, 15) is 0 Å². The van der Waals surface area contributed by atoms with Gasteiger partial charge in [0.25, 0.3) is 0 Å². The summed E-state index contributed by atoms with van der Waals surface area (Å²) in [5.41, 5.74) is 2.31. The first-order valence-corrected chi connectivity index (χ1v) is 6.07. The predicted molar refractivity (Wildman–Crippen MR) is 67.9 cm³/mol. The van der Waals surface area contributed by atoms with Gasteiger partial charge in [0.1, 0.15) is 6.33 Å². The summed E-state index contributed by atoms with van der Waals surface area (Å²) in [5, 5.41) is 3.39. The molecular weight excluding hydrogens is 218 g/mol. The Labute approximate surface area is 99.6 Å². The molecule has 1 N–H and O–H groups in total. The van der Waals surface area contributed by atoms with Crippen LogP contribution < -0.4 is 5.32 Å². The quantitative estimate of drug-likeness (QED) is 0.883. The maximum absolute atomic E-state index is 3.99. The molecule has 2 rings (SSSR count). The van der Waals surface area contributed by atoms with Crippen molar-refractivity contribution in [3.8, 4) is 0 Å². The number of hydrogen-bond donors (Lipinski definition) is 1. The molecule has 2 heterocycles. The molecule has 0 bridgehead atoms. The van der Waals surface area contributed by atoms with Crippen molar-refractivity contribution in [1.29, 1.82) is 0 Å². The number of aryl methyl sites for hydroxylation is 2. The van der Waals surface area contributed by atoms with E-state index < -0.39 is 0 Å². The van der Waals surface area contributed by atoms with Gasteiger partial charge in [-0.25, -0.2) is 9.97 Å². The van der Waals surface area contributed by atoms with E-state index in [-0.39, 0.29) is 6.04 Å². The summed E-state index contributed by atoms with van der Waals surface area (Å²) in [5.74, 6) is 0. The number of nitrogens with one attached hydrogen (secondary N) is 1. The Hall–Kier alpha value is -1.42.